The van der Waals surface area contributed by atoms with E-state index in [1.807, 2.05) is 0 Å². The van der Waals surface area contributed by atoms with Crippen LogP contribution in [0.25, 0.3) is 10.9 Å². The molecule has 0 saturated carbocycles. The third-order valence-electron chi connectivity index (χ3n) is 5.09. The first-order chi connectivity index (χ1) is 10.3. The van der Waals surface area contributed by atoms with Gasteiger partial charge in [-0.2, -0.15) is 0 Å². The molecule has 3 nitrogen and oxygen atoms in total. The predicted molar refractivity (Wildman–Crippen MR) is 87.7 cm³/mol. The van der Waals surface area contributed by atoms with E-state index >= 15 is 0 Å². The number of nitrogens with one attached hydrogen (secondary N) is 1. The smallest absolute Gasteiger partial charge is 0.129 e. The van der Waals surface area contributed by atoms with Gasteiger partial charge < -0.3 is 5.32 Å². The Hall–Kier alpha value is -1.61. The molecule has 0 aliphatic carbocycles. The van der Waals surface area contributed by atoms with E-state index in [1.54, 1.807) is 0 Å². The number of aryl methyl sites for hydroxylation is 1. The van der Waals surface area contributed by atoms with E-state index < -0.39 is 0 Å². The van der Waals surface area contributed by atoms with E-state index in [4.69, 9.17) is 4.98 Å². The van der Waals surface area contributed by atoms with E-state index in [1.165, 1.54) is 49.7 Å². The lowest BCUT2D eigenvalue weighted by Crippen LogP contribution is -2.41. The van der Waals surface area contributed by atoms with Crippen LogP contribution >= 0.6 is 0 Å². The fourth-order valence-electron chi connectivity index (χ4n) is 3.96. The quantitative estimate of drug-likeness (QED) is 0.912. The summed E-state index contributed by atoms with van der Waals surface area (Å²) in [6.07, 6.45) is 5.34. The number of aromatic nitrogens is 1. The summed E-state index contributed by atoms with van der Waals surface area (Å²) < 4.78 is 0. The maximum Gasteiger partial charge on any atom is 0.129 e. The number of para-hydroxylation sites is 1. The Bertz CT molecular complexity index is 652. The number of hydrogen-bond donors (Lipinski definition) is 1. The highest BCUT2D eigenvalue weighted by atomic mass is 15.2. The summed E-state index contributed by atoms with van der Waals surface area (Å²) in [5.74, 6) is 1.08. The molecule has 0 radical (unpaired) electrons. The van der Waals surface area contributed by atoms with Crippen molar-refractivity contribution in [3.63, 3.8) is 0 Å². The highest BCUT2D eigenvalue weighted by molar-refractivity contribution is 5.81. The van der Waals surface area contributed by atoms with Crippen molar-refractivity contribution in [3.8, 4) is 0 Å². The summed E-state index contributed by atoms with van der Waals surface area (Å²) in [4.78, 5) is 7.51. The topological polar surface area (TPSA) is 28.2 Å². The van der Waals surface area contributed by atoms with Crippen molar-refractivity contribution in [2.45, 2.75) is 44.7 Å². The second-order valence-electron chi connectivity index (χ2n) is 6.49. The SMILES string of the molecule is Cc1cc2ccccc2nc1NC1CCN2CCCCC12. The van der Waals surface area contributed by atoms with Crippen molar-refractivity contribution in [2.24, 2.45) is 0 Å². The van der Waals surface area contributed by atoms with Gasteiger partial charge in [-0.15, -0.1) is 0 Å². The molecule has 3 heteroatoms. The van der Waals surface area contributed by atoms with E-state index in [0.717, 1.165) is 11.3 Å². The average Bonchev–Trinajstić information content (AvgIpc) is 2.91. The summed E-state index contributed by atoms with van der Waals surface area (Å²) in [6, 6.07) is 11.9. The van der Waals surface area contributed by atoms with Gasteiger partial charge in [-0.1, -0.05) is 24.6 Å². The number of hydrogen-bond acceptors (Lipinski definition) is 3. The molecule has 2 aliphatic heterocycles. The molecule has 0 amide bonds. The minimum absolute atomic E-state index is 0.567. The van der Waals surface area contributed by atoms with E-state index in [2.05, 4.69) is 47.5 Å². The fraction of sp³-hybridized carbons (Fsp3) is 0.500. The molecule has 1 N–H and O–H groups in total. The molecule has 2 fully saturated rings. The van der Waals surface area contributed by atoms with Crippen LogP contribution in [0.5, 0.6) is 0 Å². The van der Waals surface area contributed by atoms with Gasteiger partial charge >= 0.3 is 0 Å². The van der Waals surface area contributed by atoms with E-state index in [-0.39, 0.29) is 0 Å². The van der Waals surface area contributed by atoms with Crippen molar-refractivity contribution >= 4 is 16.7 Å². The van der Waals surface area contributed by atoms with Crippen LogP contribution in [-0.2, 0) is 0 Å². The number of fused-ring (bicyclic) bond motifs is 2. The third-order valence-corrected chi connectivity index (χ3v) is 5.09. The van der Waals surface area contributed by atoms with Crippen LogP contribution in [0.1, 0.15) is 31.2 Å². The number of pyridine rings is 1. The molecule has 1 aromatic carbocycles. The summed E-state index contributed by atoms with van der Waals surface area (Å²) in [6.45, 7) is 4.69. The van der Waals surface area contributed by atoms with Crippen LogP contribution in [0.3, 0.4) is 0 Å². The standard InChI is InChI=1S/C18H23N3/c1-13-12-14-6-2-3-7-15(14)19-18(13)20-16-9-11-21-10-5-4-8-17(16)21/h2-3,6-7,12,16-17H,4-5,8-11H2,1H3,(H,19,20). The van der Waals surface area contributed by atoms with Crippen molar-refractivity contribution in [2.75, 3.05) is 18.4 Å². The molecule has 3 heterocycles. The minimum Gasteiger partial charge on any atom is -0.365 e. The monoisotopic (exact) mass is 281 g/mol. The van der Waals surface area contributed by atoms with Crippen LogP contribution < -0.4 is 5.32 Å². The van der Waals surface area contributed by atoms with Gasteiger partial charge in [0.25, 0.3) is 0 Å². The highest BCUT2D eigenvalue weighted by Crippen LogP contribution is 2.30. The molecule has 110 valence electrons. The second kappa shape index (κ2) is 5.30. The molecule has 21 heavy (non-hydrogen) atoms. The molecule has 2 aromatic rings. The zero-order valence-corrected chi connectivity index (χ0v) is 12.7. The zero-order valence-electron chi connectivity index (χ0n) is 12.7. The second-order valence-corrected chi connectivity index (χ2v) is 6.49. The minimum atomic E-state index is 0.567. The highest BCUT2D eigenvalue weighted by Gasteiger charge is 2.35. The van der Waals surface area contributed by atoms with Gasteiger partial charge in [0.2, 0.25) is 0 Å². The van der Waals surface area contributed by atoms with Crippen LogP contribution in [0.4, 0.5) is 5.82 Å². The lowest BCUT2D eigenvalue weighted by atomic mass is 9.99. The molecule has 2 unspecified atom stereocenters. The normalized spacial score (nSPS) is 26.0. The summed E-state index contributed by atoms with van der Waals surface area (Å²) in [7, 11) is 0. The molecule has 2 aliphatic rings. The summed E-state index contributed by atoms with van der Waals surface area (Å²) in [5.41, 5.74) is 2.34. The van der Waals surface area contributed by atoms with Crippen LogP contribution in [-0.4, -0.2) is 35.1 Å². The first-order valence-electron chi connectivity index (χ1n) is 8.18. The van der Waals surface area contributed by atoms with Crippen molar-refractivity contribution in [1.29, 1.82) is 0 Å². The maximum absolute atomic E-state index is 4.85. The number of nitrogens with zero attached hydrogens (tertiary/aromatic N) is 2. The third kappa shape index (κ3) is 2.40. The zero-order chi connectivity index (χ0) is 14.2. The van der Waals surface area contributed by atoms with Gasteiger partial charge in [0.1, 0.15) is 5.82 Å². The maximum atomic E-state index is 4.85. The van der Waals surface area contributed by atoms with Gasteiger partial charge in [0.05, 0.1) is 5.52 Å². The molecule has 0 bridgehead atoms. The Morgan fingerprint density at radius 3 is 3.00 bits per heavy atom. The molecule has 2 saturated heterocycles. The molecular formula is C18H23N3. The Labute approximate surface area is 126 Å². The molecule has 4 rings (SSSR count). The van der Waals surface area contributed by atoms with E-state index in [9.17, 15) is 0 Å². The molecule has 0 spiro atoms. The van der Waals surface area contributed by atoms with Crippen LogP contribution in [0.15, 0.2) is 30.3 Å². The first kappa shape index (κ1) is 13.1. The Morgan fingerprint density at radius 1 is 1.14 bits per heavy atom. The van der Waals surface area contributed by atoms with Gasteiger partial charge in [-0.3, -0.25) is 4.90 Å². The average molecular weight is 281 g/mol. The number of benzene rings is 1. The van der Waals surface area contributed by atoms with Crippen LogP contribution in [0, 0.1) is 6.92 Å². The lowest BCUT2D eigenvalue weighted by molar-refractivity contribution is 0.192. The van der Waals surface area contributed by atoms with Gasteiger partial charge in [-0.05, 0) is 50.4 Å². The van der Waals surface area contributed by atoms with Crippen molar-refractivity contribution < 1.29 is 0 Å². The number of piperidine rings is 1. The fourth-order valence-corrected chi connectivity index (χ4v) is 3.96. The Morgan fingerprint density at radius 2 is 2.05 bits per heavy atom. The Balaban J connectivity index is 1.60. The van der Waals surface area contributed by atoms with Crippen LogP contribution in [0.2, 0.25) is 0 Å². The molecule has 2 atom stereocenters. The van der Waals surface area contributed by atoms with Gasteiger partial charge in [0.15, 0.2) is 0 Å². The van der Waals surface area contributed by atoms with E-state index in [0.29, 0.717) is 12.1 Å². The van der Waals surface area contributed by atoms with Crippen molar-refractivity contribution in [3.05, 3.63) is 35.9 Å². The number of anilines is 1. The first-order valence-corrected chi connectivity index (χ1v) is 8.18. The summed E-state index contributed by atoms with van der Waals surface area (Å²) >= 11 is 0. The Kier molecular flexibility index (Phi) is 3.30. The van der Waals surface area contributed by atoms with Gasteiger partial charge in [0, 0.05) is 24.0 Å². The van der Waals surface area contributed by atoms with Crippen molar-refractivity contribution in [1.82, 2.24) is 9.88 Å². The number of rotatable bonds is 2. The van der Waals surface area contributed by atoms with Gasteiger partial charge in [-0.25, -0.2) is 4.98 Å². The predicted octanol–water partition coefficient (Wildman–Crippen LogP) is 3.58. The molecular weight excluding hydrogens is 258 g/mol. The largest absolute Gasteiger partial charge is 0.365 e. The molecule has 1 aromatic heterocycles. The summed E-state index contributed by atoms with van der Waals surface area (Å²) in [5, 5.41) is 4.98. The lowest BCUT2D eigenvalue weighted by Gasteiger charge is -2.33.